The highest BCUT2D eigenvalue weighted by Gasteiger charge is 2.33. The average molecular weight is 424 g/mol. The topological polar surface area (TPSA) is 85.8 Å². The molecule has 27 heavy (non-hydrogen) atoms. The molecule has 2 heterocycles. The zero-order valence-corrected chi connectivity index (χ0v) is 16.5. The molecule has 3 N–H and O–H groups in total. The number of anilines is 1. The number of amides is 1. The molecule has 0 saturated carbocycles. The summed E-state index contributed by atoms with van der Waals surface area (Å²) in [6, 6.07) is 15.3. The fourth-order valence-electron chi connectivity index (χ4n) is 3.39. The zero-order valence-electron chi connectivity index (χ0n) is 14.9. The van der Waals surface area contributed by atoms with Gasteiger partial charge in [0.25, 0.3) is 0 Å². The summed E-state index contributed by atoms with van der Waals surface area (Å²) in [5.41, 5.74) is 9.81. The fraction of sp³-hybridized carbons (Fsp3) is 0.150. The molecular formula is C20H18BrN5O. The van der Waals surface area contributed by atoms with Gasteiger partial charge in [-0.1, -0.05) is 52.3 Å². The predicted octanol–water partition coefficient (Wildman–Crippen LogP) is 3.79. The van der Waals surface area contributed by atoms with Crippen molar-refractivity contribution in [1.29, 1.82) is 0 Å². The van der Waals surface area contributed by atoms with E-state index in [1.165, 1.54) is 0 Å². The highest BCUT2D eigenvalue weighted by atomic mass is 79.9. The molecule has 6 nitrogen and oxygen atoms in total. The summed E-state index contributed by atoms with van der Waals surface area (Å²) in [4.78, 5) is 16.9. The largest absolute Gasteiger partial charge is 0.366 e. The molecule has 1 atom stereocenters. The van der Waals surface area contributed by atoms with Crippen molar-refractivity contribution in [2.45, 2.75) is 19.9 Å². The zero-order chi connectivity index (χ0) is 19.1. The molecule has 7 heteroatoms. The molecule has 0 radical (unpaired) electrons. The Balaban J connectivity index is 1.91. The van der Waals surface area contributed by atoms with E-state index in [4.69, 9.17) is 10.8 Å². The molecule has 0 fully saturated rings. The third-order valence-corrected chi connectivity index (χ3v) is 5.16. The molecule has 0 bridgehead atoms. The van der Waals surface area contributed by atoms with Crippen LogP contribution in [-0.2, 0) is 4.79 Å². The highest BCUT2D eigenvalue weighted by molar-refractivity contribution is 9.10. The van der Waals surface area contributed by atoms with Gasteiger partial charge in [-0.3, -0.25) is 4.79 Å². The number of hydrogen-bond acceptors (Lipinski definition) is 4. The Hall–Kier alpha value is -2.93. The van der Waals surface area contributed by atoms with Gasteiger partial charge < -0.3 is 11.1 Å². The lowest BCUT2D eigenvalue weighted by molar-refractivity contribution is -0.115. The summed E-state index contributed by atoms with van der Waals surface area (Å²) in [6.07, 6.45) is 0. The summed E-state index contributed by atoms with van der Waals surface area (Å²) in [5, 5.41) is 7.89. The Morgan fingerprint density at radius 3 is 2.67 bits per heavy atom. The quantitative estimate of drug-likeness (QED) is 0.670. The van der Waals surface area contributed by atoms with Crippen LogP contribution in [0.3, 0.4) is 0 Å². The molecule has 0 aliphatic carbocycles. The summed E-state index contributed by atoms with van der Waals surface area (Å²) >= 11 is 3.50. The maximum absolute atomic E-state index is 12.2. The van der Waals surface area contributed by atoms with Crippen molar-refractivity contribution in [2.75, 3.05) is 5.32 Å². The van der Waals surface area contributed by atoms with Gasteiger partial charge in [0.15, 0.2) is 5.82 Å². The number of primary amides is 1. The molecule has 1 aliphatic heterocycles. The first-order valence-corrected chi connectivity index (χ1v) is 9.30. The van der Waals surface area contributed by atoms with Crippen LogP contribution in [0, 0.1) is 6.92 Å². The minimum atomic E-state index is -0.483. The average Bonchev–Trinajstić information content (AvgIpc) is 3.03. The van der Waals surface area contributed by atoms with Crippen LogP contribution in [0.25, 0.3) is 11.4 Å². The first kappa shape index (κ1) is 17.5. The Kier molecular flexibility index (Phi) is 4.31. The number of allylic oxidation sites excluding steroid dienone is 1. The first-order valence-electron chi connectivity index (χ1n) is 8.51. The van der Waals surface area contributed by atoms with E-state index >= 15 is 0 Å². The van der Waals surface area contributed by atoms with E-state index in [9.17, 15) is 4.79 Å². The van der Waals surface area contributed by atoms with Crippen LogP contribution in [0.4, 0.5) is 5.95 Å². The molecule has 0 spiro atoms. The second-order valence-corrected chi connectivity index (χ2v) is 7.42. The van der Waals surface area contributed by atoms with E-state index in [1.807, 2.05) is 62.4 Å². The van der Waals surface area contributed by atoms with Crippen LogP contribution in [0.15, 0.2) is 64.3 Å². The molecule has 1 unspecified atom stereocenters. The van der Waals surface area contributed by atoms with Gasteiger partial charge in [0.05, 0.1) is 5.57 Å². The van der Waals surface area contributed by atoms with Crippen molar-refractivity contribution in [3.8, 4) is 11.4 Å². The van der Waals surface area contributed by atoms with Gasteiger partial charge in [0, 0.05) is 15.7 Å². The van der Waals surface area contributed by atoms with Crippen LogP contribution in [-0.4, -0.2) is 20.7 Å². The number of nitrogens with zero attached hydrogens (tertiary/aromatic N) is 3. The first-order chi connectivity index (χ1) is 13.0. The number of benzene rings is 2. The molecule has 1 aliphatic rings. The van der Waals surface area contributed by atoms with E-state index in [0.717, 1.165) is 21.2 Å². The number of carbonyl (C=O) groups excluding carboxylic acids is 1. The number of nitrogens with one attached hydrogen (secondary N) is 1. The second kappa shape index (κ2) is 6.66. The van der Waals surface area contributed by atoms with Gasteiger partial charge in [-0.05, 0) is 37.1 Å². The number of halogens is 1. The lowest BCUT2D eigenvalue weighted by Crippen LogP contribution is -2.31. The van der Waals surface area contributed by atoms with E-state index in [2.05, 4.69) is 26.2 Å². The van der Waals surface area contributed by atoms with Crippen molar-refractivity contribution in [1.82, 2.24) is 14.8 Å². The second-order valence-electron chi connectivity index (χ2n) is 6.50. The van der Waals surface area contributed by atoms with Crippen molar-refractivity contribution in [2.24, 2.45) is 5.73 Å². The number of rotatable bonds is 3. The van der Waals surface area contributed by atoms with Gasteiger partial charge in [-0.25, -0.2) is 4.68 Å². The predicted molar refractivity (Wildman–Crippen MR) is 108 cm³/mol. The smallest absolute Gasteiger partial charge is 0.248 e. The molecule has 3 aromatic rings. The Labute approximate surface area is 165 Å². The molecule has 1 aromatic heterocycles. The third-order valence-electron chi connectivity index (χ3n) is 4.67. The van der Waals surface area contributed by atoms with E-state index in [1.54, 1.807) is 4.68 Å². The number of aryl methyl sites for hydroxylation is 1. The van der Waals surface area contributed by atoms with Gasteiger partial charge in [0.2, 0.25) is 11.9 Å². The van der Waals surface area contributed by atoms with Gasteiger partial charge in [-0.2, -0.15) is 4.98 Å². The molecule has 2 aromatic carbocycles. The summed E-state index contributed by atoms with van der Waals surface area (Å²) < 4.78 is 2.65. The maximum atomic E-state index is 12.2. The SMILES string of the molecule is CC1=C(C(N)=O)C(c2cccc(Br)c2)n2nc(-c3ccccc3C)nc2N1. The van der Waals surface area contributed by atoms with Gasteiger partial charge in [-0.15, -0.1) is 5.10 Å². The molecule has 0 saturated heterocycles. The summed E-state index contributed by atoms with van der Waals surface area (Å²) in [7, 11) is 0. The minimum absolute atomic E-state index is 0.443. The minimum Gasteiger partial charge on any atom is -0.366 e. The van der Waals surface area contributed by atoms with Crippen molar-refractivity contribution >= 4 is 27.8 Å². The number of aromatic nitrogens is 3. The highest BCUT2D eigenvalue weighted by Crippen LogP contribution is 2.37. The third kappa shape index (κ3) is 3.04. The van der Waals surface area contributed by atoms with E-state index < -0.39 is 11.9 Å². The number of fused-ring (bicyclic) bond motifs is 1. The van der Waals surface area contributed by atoms with Crippen LogP contribution in [0.5, 0.6) is 0 Å². The number of hydrogen-bond donors (Lipinski definition) is 2. The normalized spacial score (nSPS) is 16.0. The van der Waals surface area contributed by atoms with Crippen molar-refractivity contribution in [3.63, 3.8) is 0 Å². The lowest BCUT2D eigenvalue weighted by atomic mass is 9.95. The standard InChI is InChI=1S/C20H18BrN5O/c1-11-6-3-4-9-15(11)19-24-20-23-12(2)16(18(22)27)17(26(20)25-19)13-7-5-8-14(21)10-13/h3-10,17H,1-2H3,(H2,22,27)(H,23,24,25). The van der Waals surface area contributed by atoms with Crippen LogP contribution >= 0.6 is 15.9 Å². The monoisotopic (exact) mass is 423 g/mol. The van der Waals surface area contributed by atoms with E-state index in [-0.39, 0.29) is 0 Å². The lowest BCUT2D eigenvalue weighted by Gasteiger charge is -2.27. The van der Waals surface area contributed by atoms with Crippen LogP contribution < -0.4 is 11.1 Å². The maximum Gasteiger partial charge on any atom is 0.248 e. The Morgan fingerprint density at radius 1 is 1.19 bits per heavy atom. The van der Waals surface area contributed by atoms with Gasteiger partial charge >= 0.3 is 0 Å². The molecule has 136 valence electrons. The summed E-state index contributed by atoms with van der Waals surface area (Å²) in [6.45, 7) is 3.85. The number of nitrogens with two attached hydrogens (primary N) is 1. The fourth-order valence-corrected chi connectivity index (χ4v) is 3.81. The Morgan fingerprint density at radius 2 is 1.96 bits per heavy atom. The van der Waals surface area contributed by atoms with Crippen LogP contribution in [0.2, 0.25) is 0 Å². The Bertz CT molecular complexity index is 1090. The van der Waals surface area contributed by atoms with Gasteiger partial charge in [0.1, 0.15) is 6.04 Å². The summed E-state index contributed by atoms with van der Waals surface area (Å²) in [5.74, 6) is 0.707. The van der Waals surface area contributed by atoms with Crippen molar-refractivity contribution < 1.29 is 4.79 Å². The van der Waals surface area contributed by atoms with Crippen molar-refractivity contribution in [3.05, 3.63) is 75.4 Å². The molecule has 1 amide bonds. The molecular weight excluding hydrogens is 406 g/mol. The molecule has 4 rings (SSSR count). The van der Waals surface area contributed by atoms with E-state index in [0.29, 0.717) is 23.0 Å². The number of carbonyl (C=O) groups is 1. The van der Waals surface area contributed by atoms with Crippen LogP contribution in [0.1, 0.15) is 24.1 Å².